The predicted molar refractivity (Wildman–Crippen MR) is 77.5 cm³/mol. The Labute approximate surface area is 126 Å². The molecular weight excluding hydrogens is 270 g/mol. The van der Waals surface area contributed by atoms with Crippen LogP contribution in [-0.2, 0) is 14.3 Å². The summed E-state index contributed by atoms with van der Waals surface area (Å²) in [6.07, 6.45) is 3.34. The number of rotatable bonds is 2. The van der Waals surface area contributed by atoms with E-state index in [-0.39, 0.29) is 23.9 Å². The first-order valence-corrected chi connectivity index (χ1v) is 7.58. The normalized spacial score (nSPS) is 26.9. The molecule has 0 radical (unpaired) electrons. The number of carbonyl (C=O) groups is 3. The van der Waals surface area contributed by atoms with Gasteiger partial charge in [-0.05, 0) is 27.7 Å². The van der Waals surface area contributed by atoms with Gasteiger partial charge < -0.3 is 9.64 Å². The number of hydrogen-bond acceptors (Lipinski definition) is 4. The molecule has 1 saturated heterocycles. The van der Waals surface area contributed by atoms with E-state index in [1.165, 1.54) is 4.90 Å². The third-order valence-electron chi connectivity index (χ3n) is 4.16. The highest BCUT2D eigenvalue weighted by molar-refractivity contribution is 6.05. The Bertz CT molecular complexity index is 448. The minimum atomic E-state index is -0.690. The lowest BCUT2D eigenvalue weighted by molar-refractivity contribution is -0.141. The van der Waals surface area contributed by atoms with Crippen molar-refractivity contribution in [2.24, 2.45) is 11.8 Å². The first-order valence-electron chi connectivity index (χ1n) is 7.58. The Morgan fingerprint density at radius 2 is 1.90 bits per heavy atom. The van der Waals surface area contributed by atoms with Crippen molar-refractivity contribution in [1.29, 1.82) is 0 Å². The Morgan fingerprint density at radius 1 is 1.29 bits per heavy atom. The summed E-state index contributed by atoms with van der Waals surface area (Å²) >= 11 is 0. The maximum Gasteiger partial charge on any atom is 0.410 e. The molecule has 0 aromatic heterocycles. The zero-order valence-electron chi connectivity index (χ0n) is 13.2. The average molecular weight is 294 g/mol. The van der Waals surface area contributed by atoms with Gasteiger partial charge in [0.1, 0.15) is 24.2 Å². The van der Waals surface area contributed by atoms with Crippen LogP contribution in [0.3, 0.4) is 0 Å². The molecule has 1 aliphatic carbocycles. The molecular formula is C16H24NO4+. The fourth-order valence-electron chi connectivity index (χ4n) is 2.83. The van der Waals surface area contributed by atoms with Crippen molar-refractivity contribution in [2.75, 3.05) is 6.54 Å². The fraction of sp³-hybridized carbons (Fsp3) is 0.750. The van der Waals surface area contributed by atoms with Crippen molar-refractivity contribution in [3.63, 3.8) is 0 Å². The van der Waals surface area contributed by atoms with E-state index in [1.807, 2.05) is 6.42 Å². The Kier molecular flexibility index (Phi) is 4.30. The van der Waals surface area contributed by atoms with E-state index in [9.17, 15) is 14.4 Å². The molecule has 1 heterocycles. The number of ketones is 2. The number of Topliss-reactive ketones (excluding diaryl/α,β-unsaturated/α-hetero) is 2. The molecule has 2 rings (SSSR count). The van der Waals surface area contributed by atoms with Crippen LogP contribution in [0.2, 0.25) is 0 Å². The molecule has 0 N–H and O–H groups in total. The molecule has 5 heteroatoms. The standard InChI is InChI=1S/C16H24NO4/c1-10-13(14(19)11-6-5-7-11)12(18)8-9-17(10)15(20)21-16(2,3)4/h5,10-11,13H,6-9H2,1-4H3/q+1. The summed E-state index contributed by atoms with van der Waals surface area (Å²) in [7, 11) is 0. The van der Waals surface area contributed by atoms with Crippen LogP contribution >= 0.6 is 0 Å². The second kappa shape index (κ2) is 5.70. The number of hydrogen-bond donors (Lipinski definition) is 0. The van der Waals surface area contributed by atoms with Crippen LogP contribution in [0.1, 0.15) is 47.0 Å². The number of likely N-dealkylation sites (tertiary alicyclic amines) is 1. The van der Waals surface area contributed by atoms with Gasteiger partial charge in [-0.25, -0.2) is 4.79 Å². The van der Waals surface area contributed by atoms with E-state index < -0.39 is 23.7 Å². The molecule has 1 amide bonds. The van der Waals surface area contributed by atoms with Gasteiger partial charge in [-0.3, -0.25) is 9.59 Å². The molecule has 0 aromatic rings. The topological polar surface area (TPSA) is 63.7 Å². The molecule has 0 bridgehead atoms. The molecule has 2 aliphatic rings. The monoisotopic (exact) mass is 294 g/mol. The number of carbonyl (C=O) groups excluding carboxylic acids is 3. The molecule has 0 spiro atoms. The molecule has 116 valence electrons. The Hall–Kier alpha value is -1.52. The summed E-state index contributed by atoms with van der Waals surface area (Å²) in [6, 6.07) is -0.422. The number of amides is 1. The quantitative estimate of drug-likeness (QED) is 0.579. The van der Waals surface area contributed by atoms with Crippen LogP contribution in [0.5, 0.6) is 0 Å². The minimum absolute atomic E-state index is 0.0109. The number of piperidine rings is 1. The highest BCUT2D eigenvalue weighted by Gasteiger charge is 2.47. The lowest BCUT2D eigenvalue weighted by atomic mass is 9.73. The SMILES string of the molecule is CC1C(C(=O)C2C[CH+]C2)C(=O)CCN1C(=O)OC(C)(C)C. The van der Waals surface area contributed by atoms with Crippen LogP contribution in [0.15, 0.2) is 0 Å². The van der Waals surface area contributed by atoms with E-state index in [2.05, 4.69) is 0 Å². The first kappa shape index (κ1) is 15.9. The summed E-state index contributed by atoms with van der Waals surface area (Å²) in [5, 5.41) is 0. The van der Waals surface area contributed by atoms with Gasteiger partial charge in [0.15, 0.2) is 5.78 Å². The van der Waals surface area contributed by atoms with Gasteiger partial charge in [-0.15, -0.1) is 0 Å². The second-order valence-corrected chi connectivity index (χ2v) is 6.97. The summed E-state index contributed by atoms with van der Waals surface area (Å²) in [4.78, 5) is 38.3. The maximum absolute atomic E-state index is 12.4. The van der Waals surface area contributed by atoms with Crippen LogP contribution in [0, 0.1) is 18.3 Å². The lowest BCUT2D eigenvalue weighted by Crippen LogP contribution is -2.55. The number of nitrogens with zero attached hydrogens (tertiary/aromatic N) is 1. The molecule has 1 saturated carbocycles. The van der Waals surface area contributed by atoms with Gasteiger partial charge >= 0.3 is 6.09 Å². The predicted octanol–water partition coefficient (Wildman–Crippen LogP) is 2.38. The first-order chi connectivity index (χ1) is 9.70. The van der Waals surface area contributed by atoms with E-state index >= 15 is 0 Å². The fourth-order valence-corrected chi connectivity index (χ4v) is 2.83. The van der Waals surface area contributed by atoms with Gasteiger partial charge in [0.05, 0.1) is 18.3 Å². The van der Waals surface area contributed by atoms with Crippen molar-refractivity contribution in [2.45, 2.75) is 58.6 Å². The molecule has 2 atom stereocenters. The zero-order valence-corrected chi connectivity index (χ0v) is 13.2. The lowest BCUT2D eigenvalue weighted by Gasteiger charge is -2.39. The van der Waals surface area contributed by atoms with Gasteiger partial charge in [-0.2, -0.15) is 0 Å². The summed E-state index contributed by atoms with van der Waals surface area (Å²) in [5.74, 6) is -0.785. The Morgan fingerprint density at radius 3 is 2.38 bits per heavy atom. The van der Waals surface area contributed by atoms with Crippen molar-refractivity contribution in [3.05, 3.63) is 6.42 Å². The summed E-state index contributed by atoms with van der Waals surface area (Å²) in [6.45, 7) is 7.51. The minimum Gasteiger partial charge on any atom is -0.444 e. The van der Waals surface area contributed by atoms with E-state index in [1.54, 1.807) is 27.7 Å². The van der Waals surface area contributed by atoms with E-state index in [4.69, 9.17) is 4.74 Å². The van der Waals surface area contributed by atoms with Crippen molar-refractivity contribution in [1.82, 2.24) is 4.90 Å². The third-order valence-corrected chi connectivity index (χ3v) is 4.16. The zero-order chi connectivity index (χ0) is 15.8. The van der Waals surface area contributed by atoms with E-state index in [0.29, 0.717) is 6.54 Å². The van der Waals surface area contributed by atoms with Crippen LogP contribution < -0.4 is 0 Å². The van der Waals surface area contributed by atoms with Crippen LogP contribution in [0.4, 0.5) is 4.79 Å². The van der Waals surface area contributed by atoms with E-state index in [0.717, 1.165) is 12.8 Å². The number of ether oxygens (including phenoxy) is 1. The maximum atomic E-state index is 12.4. The average Bonchev–Trinajstić information content (AvgIpc) is 2.23. The summed E-state index contributed by atoms with van der Waals surface area (Å²) in [5.41, 5.74) is -0.583. The van der Waals surface area contributed by atoms with Crippen molar-refractivity contribution < 1.29 is 19.1 Å². The van der Waals surface area contributed by atoms with Crippen LogP contribution in [0.25, 0.3) is 0 Å². The van der Waals surface area contributed by atoms with Gasteiger partial charge in [0, 0.05) is 19.0 Å². The van der Waals surface area contributed by atoms with Gasteiger partial charge in [0.2, 0.25) is 0 Å². The molecule has 5 nitrogen and oxygen atoms in total. The highest BCUT2D eigenvalue weighted by Crippen LogP contribution is 2.33. The van der Waals surface area contributed by atoms with Gasteiger partial charge in [-0.1, -0.05) is 0 Å². The molecule has 1 aliphatic heterocycles. The molecule has 0 aromatic carbocycles. The van der Waals surface area contributed by atoms with Gasteiger partial charge in [0.25, 0.3) is 0 Å². The largest absolute Gasteiger partial charge is 0.444 e. The summed E-state index contributed by atoms with van der Waals surface area (Å²) < 4.78 is 5.37. The van der Waals surface area contributed by atoms with Crippen molar-refractivity contribution >= 4 is 17.7 Å². The highest BCUT2D eigenvalue weighted by atomic mass is 16.6. The Balaban J connectivity index is 2.09. The second-order valence-electron chi connectivity index (χ2n) is 6.97. The molecule has 21 heavy (non-hydrogen) atoms. The molecule has 2 fully saturated rings. The van der Waals surface area contributed by atoms with Crippen molar-refractivity contribution in [3.8, 4) is 0 Å². The smallest absolute Gasteiger partial charge is 0.410 e. The third kappa shape index (κ3) is 3.39. The van der Waals surface area contributed by atoms with Crippen LogP contribution in [-0.4, -0.2) is 40.7 Å². The molecule has 2 unspecified atom stereocenters.